The van der Waals surface area contributed by atoms with E-state index in [1.165, 1.54) is 0 Å². The molecule has 2 unspecified atom stereocenters. The molecule has 2 aliphatic heterocycles. The Kier molecular flexibility index (Phi) is 3.51. The minimum Gasteiger partial charge on any atom is -0.391 e. The molecule has 168 valence electrons. The summed E-state index contributed by atoms with van der Waals surface area (Å²) in [5.41, 5.74) is -3.98. The lowest BCUT2D eigenvalue weighted by Gasteiger charge is -2.56. The van der Waals surface area contributed by atoms with Gasteiger partial charge in [0.2, 0.25) is 5.79 Å². The Labute approximate surface area is 180 Å². The molecule has 2 saturated heterocycles. The number of hydrogen-bond acceptors (Lipinski definition) is 7. The van der Waals surface area contributed by atoms with Gasteiger partial charge >= 0.3 is 0 Å². The summed E-state index contributed by atoms with van der Waals surface area (Å²) >= 11 is 0. The number of rotatable bonds is 3. The zero-order chi connectivity index (χ0) is 22.4. The minimum atomic E-state index is -2.25. The first-order chi connectivity index (χ1) is 14.5. The van der Waals surface area contributed by atoms with Crippen molar-refractivity contribution in [1.29, 1.82) is 0 Å². The predicted octanol–water partition coefficient (Wildman–Crippen LogP) is 0.931. The van der Waals surface area contributed by atoms with E-state index in [-0.39, 0.29) is 17.3 Å². The Bertz CT molecular complexity index is 956. The molecule has 0 aromatic carbocycles. The van der Waals surface area contributed by atoms with Gasteiger partial charge in [-0.1, -0.05) is 20.4 Å². The highest BCUT2D eigenvalue weighted by atomic mass is 16.7. The van der Waals surface area contributed by atoms with Crippen LogP contribution in [0.1, 0.15) is 52.4 Å². The number of ether oxygens (including phenoxy) is 1. The van der Waals surface area contributed by atoms with Crippen LogP contribution in [0.3, 0.4) is 0 Å². The molecule has 4 aliphatic carbocycles. The van der Waals surface area contributed by atoms with Crippen molar-refractivity contribution in [2.45, 2.75) is 76.0 Å². The molecule has 31 heavy (non-hydrogen) atoms. The van der Waals surface area contributed by atoms with Crippen molar-refractivity contribution in [3.8, 4) is 0 Å². The maximum atomic E-state index is 13.9. The Morgan fingerprint density at radius 2 is 1.90 bits per heavy atom. The second-order valence-corrected chi connectivity index (χ2v) is 11.7. The molecule has 10 atom stereocenters. The second-order valence-electron chi connectivity index (χ2n) is 11.7. The average Bonchev–Trinajstić information content (AvgIpc) is 3.27. The van der Waals surface area contributed by atoms with Gasteiger partial charge in [0.05, 0.1) is 17.1 Å². The highest BCUT2D eigenvalue weighted by Gasteiger charge is 2.98. The third kappa shape index (κ3) is 1.71. The van der Waals surface area contributed by atoms with Crippen molar-refractivity contribution in [2.75, 3.05) is 0 Å². The number of carbonyl (C=O) groups excluding carboxylic acids is 3. The van der Waals surface area contributed by atoms with Crippen molar-refractivity contribution < 1.29 is 34.4 Å². The normalized spacial score (nSPS) is 57.9. The topological polar surface area (TPSA) is 121 Å². The Hall–Kier alpha value is -1.41. The summed E-state index contributed by atoms with van der Waals surface area (Å²) in [5.74, 6) is -4.61. The number of hydrogen-bond donors (Lipinski definition) is 3. The van der Waals surface area contributed by atoms with Crippen LogP contribution in [0, 0.1) is 39.9 Å². The standard InChI is InChI=1S/C24H30O7/c1-11-13-6-7-14-22-10-21(22)15(20(2,3)9-12(17(21)27)5-4-8-25)19(29)24(30,31-22)23(14,16(11)26)18(13)28/h8,12-15,18-19,28-30H,1,4-7,9-10H2,2-3H3/t12-,13-,14-,15+,18?,19-,21-,22?,23-,24+/m0/s1. The highest BCUT2D eigenvalue weighted by molar-refractivity contribution is 6.06. The van der Waals surface area contributed by atoms with Crippen LogP contribution in [0.2, 0.25) is 0 Å². The van der Waals surface area contributed by atoms with Crippen LogP contribution in [-0.4, -0.2) is 56.8 Å². The Morgan fingerprint density at radius 3 is 2.58 bits per heavy atom. The molecule has 0 aromatic heterocycles. The second kappa shape index (κ2) is 5.38. The maximum absolute atomic E-state index is 13.9. The van der Waals surface area contributed by atoms with Crippen LogP contribution >= 0.6 is 0 Å². The number of aliphatic hydroxyl groups excluding tert-OH is 2. The van der Waals surface area contributed by atoms with Gasteiger partial charge in [0, 0.05) is 30.1 Å². The smallest absolute Gasteiger partial charge is 0.209 e. The van der Waals surface area contributed by atoms with Gasteiger partial charge in [0.1, 0.15) is 23.6 Å². The van der Waals surface area contributed by atoms with Crippen molar-refractivity contribution in [2.24, 2.45) is 39.9 Å². The van der Waals surface area contributed by atoms with E-state index in [0.29, 0.717) is 38.5 Å². The first kappa shape index (κ1) is 20.2. The summed E-state index contributed by atoms with van der Waals surface area (Å²) in [6.45, 7) is 7.88. The van der Waals surface area contributed by atoms with Gasteiger partial charge in [0.15, 0.2) is 5.78 Å². The number of aldehydes is 1. The van der Waals surface area contributed by atoms with E-state index in [1.807, 2.05) is 13.8 Å². The van der Waals surface area contributed by atoms with Crippen LogP contribution < -0.4 is 0 Å². The number of aliphatic hydroxyl groups is 3. The zero-order valence-electron chi connectivity index (χ0n) is 18.0. The first-order valence-electron chi connectivity index (χ1n) is 11.5. The third-order valence-corrected chi connectivity index (χ3v) is 10.2. The molecule has 0 radical (unpaired) electrons. The van der Waals surface area contributed by atoms with Crippen LogP contribution in [0.15, 0.2) is 12.2 Å². The zero-order valence-corrected chi connectivity index (χ0v) is 18.0. The lowest BCUT2D eigenvalue weighted by molar-refractivity contribution is -0.341. The van der Waals surface area contributed by atoms with Crippen molar-refractivity contribution >= 4 is 17.9 Å². The molecule has 7 heteroatoms. The monoisotopic (exact) mass is 430 g/mol. The molecule has 3 N–H and O–H groups in total. The molecule has 6 fully saturated rings. The number of ketones is 2. The van der Waals surface area contributed by atoms with E-state index < -0.39 is 63.4 Å². The predicted molar refractivity (Wildman–Crippen MR) is 106 cm³/mol. The summed E-state index contributed by atoms with van der Waals surface area (Å²) in [7, 11) is 0. The first-order valence-corrected chi connectivity index (χ1v) is 11.5. The minimum absolute atomic E-state index is 0.0160. The average molecular weight is 430 g/mol. The van der Waals surface area contributed by atoms with E-state index in [9.17, 15) is 29.7 Å². The molecule has 0 aromatic rings. The molecule has 4 bridgehead atoms. The summed E-state index contributed by atoms with van der Waals surface area (Å²) in [5, 5.41) is 34.9. The number of fused-ring (bicyclic) bond motifs is 2. The van der Waals surface area contributed by atoms with E-state index in [2.05, 4.69) is 6.58 Å². The summed E-state index contributed by atoms with van der Waals surface area (Å²) in [6.07, 6.45) is 0.807. The van der Waals surface area contributed by atoms with E-state index in [4.69, 9.17) is 4.74 Å². The van der Waals surface area contributed by atoms with Crippen LogP contribution in [0.25, 0.3) is 0 Å². The van der Waals surface area contributed by atoms with E-state index >= 15 is 0 Å². The van der Waals surface area contributed by atoms with Crippen molar-refractivity contribution in [3.63, 3.8) is 0 Å². The molecule has 3 spiro atoms. The lowest BCUT2D eigenvalue weighted by atomic mass is 9.53. The molecular formula is C24H30O7. The molecule has 6 rings (SSSR count). The van der Waals surface area contributed by atoms with Crippen LogP contribution in [0.5, 0.6) is 0 Å². The maximum Gasteiger partial charge on any atom is 0.209 e. The summed E-state index contributed by atoms with van der Waals surface area (Å²) < 4.78 is 6.29. The Morgan fingerprint density at radius 1 is 1.19 bits per heavy atom. The SMILES string of the molecule is C=C1C(=O)[C@]23C(O)[C@H]1CC[C@H]2C12C[C@]14C(=O)[C@@H](CCC=O)CC(C)(C)[C@H]4[C@H](O)[C@@]3(O)O2. The van der Waals surface area contributed by atoms with Gasteiger partial charge in [-0.05, 0) is 43.1 Å². The van der Waals surface area contributed by atoms with Gasteiger partial charge in [-0.3, -0.25) is 9.59 Å². The largest absolute Gasteiger partial charge is 0.391 e. The van der Waals surface area contributed by atoms with Crippen LogP contribution in [0.4, 0.5) is 0 Å². The number of Topliss-reactive ketones (excluding diaryl/α,β-unsaturated/α-hetero) is 2. The van der Waals surface area contributed by atoms with E-state index in [0.717, 1.165) is 6.29 Å². The Balaban J connectivity index is 1.57. The quantitative estimate of drug-likeness (QED) is 0.450. The molecular weight excluding hydrogens is 400 g/mol. The molecule has 0 amide bonds. The fourth-order valence-electron chi connectivity index (χ4n) is 9.37. The summed E-state index contributed by atoms with van der Waals surface area (Å²) in [6, 6.07) is 0. The van der Waals surface area contributed by atoms with Crippen LogP contribution in [-0.2, 0) is 19.1 Å². The van der Waals surface area contributed by atoms with Crippen molar-refractivity contribution in [1.82, 2.24) is 0 Å². The fraction of sp³-hybridized carbons (Fsp3) is 0.792. The highest BCUT2D eigenvalue weighted by Crippen LogP contribution is 2.87. The van der Waals surface area contributed by atoms with Gasteiger partial charge in [0.25, 0.3) is 0 Å². The van der Waals surface area contributed by atoms with Gasteiger partial charge in [-0.2, -0.15) is 0 Å². The molecule has 6 aliphatic rings. The lowest BCUT2D eigenvalue weighted by Crippen LogP contribution is -2.69. The van der Waals surface area contributed by atoms with Gasteiger partial charge in [-0.25, -0.2) is 0 Å². The van der Waals surface area contributed by atoms with Crippen molar-refractivity contribution in [3.05, 3.63) is 12.2 Å². The third-order valence-electron chi connectivity index (χ3n) is 10.2. The fourth-order valence-corrected chi connectivity index (χ4v) is 9.37. The van der Waals surface area contributed by atoms with Gasteiger partial charge in [-0.15, -0.1) is 0 Å². The number of carbonyl (C=O) groups is 3. The van der Waals surface area contributed by atoms with E-state index in [1.54, 1.807) is 0 Å². The molecule has 7 nitrogen and oxygen atoms in total. The molecule has 4 saturated carbocycles. The summed E-state index contributed by atoms with van der Waals surface area (Å²) in [4.78, 5) is 38.5. The molecule has 2 heterocycles. The van der Waals surface area contributed by atoms with Gasteiger partial charge < -0.3 is 24.9 Å².